The third-order valence-electron chi connectivity index (χ3n) is 4.04. The van der Waals surface area contributed by atoms with Gasteiger partial charge in [-0.05, 0) is 38.0 Å². The number of nitrogens with one attached hydrogen (secondary N) is 1. The number of benzene rings is 1. The molecule has 1 aliphatic heterocycles. The quantitative estimate of drug-likeness (QED) is 0.914. The molecular weight excluding hydrogens is 311 g/mol. The van der Waals surface area contributed by atoms with E-state index in [1.807, 2.05) is 11.5 Å². The van der Waals surface area contributed by atoms with Crippen LogP contribution >= 0.6 is 0 Å². The van der Waals surface area contributed by atoms with Gasteiger partial charge in [-0.25, -0.2) is 4.39 Å². The van der Waals surface area contributed by atoms with Gasteiger partial charge in [0.05, 0.1) is 5.56 Å². The van der Waals surface area contributed by atoms with Crippen LogP contribution in [0.4, 0.5) is 10.1 Å². The zero-order chi connectivity index (χ0) is 16.9. The number of carbonyl (C=O) groups is 1. The minimum Gasteiger partial charge on any atom is -0.372 e. The number of hydrogen-bond donors (Lipinski definition) is 1. The lowest BCUT2D eigenvalue weighted by Gasteiger charge is -2.10. The molecule has 0 saturated heterocycles. The van der Waals surface area contributed by atoms with E-state index < -0.39 is 0 Å². The molecule has 1 aromatic carbocycles. The first-order valence-electron chi connectivity index (χ1n) is 8.28. The second-order valence-electron chi connectivity index (χ2n) is 5.78. The Bertz CT molecular complexity index is 729. The van der Waals surface area contributed by atoms with E-state index in [-0.39, 0.29) is 18.3 Å². The summed E-state index contributed by atoms with van der Waals surface area (Å²) in [5.74, 6) is 0.768. The predicted octanol–water partition coefficient (Wildman–Crippen LogP) is 2.79. The fourth-order valence-electron chi connectivity index (χ4n) is 2.85. The van der Waals surface area contributed by atoms with Crippen LogP contribution < -0.4 is 5.32 Å². The van der Waals surface area contributed by atoms with E-state index in [4.69, 9.17) is 4.74 Å². The van der Waals surface area contributed by atoms with Crippen LogP contribution in [0.15, 0.2) is 18.2 Å². The summed E-state index contributed by atoms with van der Waals surface area (Å²) in [7, 11) is 0. The van der Waals surface area contributed by atoms with Gasteiger partial charge in [0, 0.05) is 25.3 Å². The average Bonchev–Trinajstić information content (AvgIpc) is 2.83. The molecule has 1 aliphatic rings. The summed E-state index contributed by atoms with van der Waals surface area (Å²) >= 11 is 0. The maximum Gasteiger partial charge on any atom is 0.250 e. The van der Waals surface area contributed by atoms with Crippen molar-refractivity contribution < 1.29 is 13.9 Å². The summed E-state index contributed by atoms with van der Waals surface area (Å²) in [5, 5.41) is 11.1. The summed E-state index contributed by atoms with van der Waals surface area (Å²) < 4.78 is 21.4. The van der Waals surface area contributed by atoms with E-state index in [1.54, 1.807) is 6.07 Å². The Labute approximate surface area is 140 Å². The third-order valence-corrected chi connectivity index (χ3v) is 4.04. The highest BCUT2D eigenvalue weighted by Crippen LogP contribution is 2.27. The van der Waals surface area contributed by atoms with Crippen LogP contribution in [0.5, 0.6) is 0 Å². The van der Waals surface area contributed by atoms with Crippen molar-refractivity contribution in [3.05, 3.63) is 29.8 Å². The predicted molar refractivity (Wildman–Crippen MR) is 88.1 cm³/mol. The van der Waals surface area contributed by atoms with Crippen LogP contribution in [0.25, 0.3) is 11.4 Å². The lowest BCUT2D eigenvalue weighted by Crippen LogP contribution is -2.18. The Balaban J connectivity index is 1.87. The lowest BCUT2D eigenvalue weighted by atomic mass is 10.1. The van der Waals surface area contributed by atoms with Crippen molar-refractivity contribution in [2.24, 2.45) is 0 Å². The molecule has 0 radical (unpaired) electrons. The van der Waals surface area contributed by atoms with Gasteiger partial charge in [-0.2, -0.15) is 0 Å². The molecule has 0 saturated carbocycles. The summed E-state index contributed by atoms with van der Waals surface area (Å²) in [6, 6.07) is 4.47. The molecule has 0 atom stereocenters. The molecule has 0 bridgehead atoms. The molecule has 2 heterocycles. The van der Waals surface area contributed by atoms with Gasteiger partial charge in [-0.1, -0.05) is 6.42 Å². The number of hydrogen-bond acceptors (Lipinski definition) is 4. The van der Waals surface area contributed by atoms with Crippen molar-refractivity contribution in [1.82, 2.24) is 14.8 Å². The molecule has 0 spiro atoms. The Kier molecular flexibility index (Phi) is 5.20. The molecule has 3 rings (SSSR count). The molecule has 1 amide bonds. The number of carbonyl (C=O) groups excluding carboxylic acids is 1. The largest absolute Gasteiger partial charge is 0.372 e. The second kappa shape index (κ2) is 7.53. The average molecular weight is 332 g/mol. The molecule has 7 heteroatoms. The zero-order valence-corrected chi connectivity index (χ0v) is 13.7. The first kappa shape index (κ1) is 16.6. The van der Waals surface area contributed by atoms with Crippen LogP contribution in [0.1, 0.15) is 32.0 Å². The molecule has 0 aliphatic carbocycles. The monoisotopic (exact) mass is 332 g/mol. The standard InChI is InChI=1S/C17H21FN4O2/c1-2-24-11-16(23)19-12-7-8-14(18)13(10-12)17-21-20-15-6-4-3-5-9-22(15)17/h7-8,10H,2-6,9,11H2,1H3,(H,19,23). The van der Waals surface area contributed by atoms with E-state index in [1.165, 1.54) is 12.1 Å². The SMILES string of the molecule is CCOCC(=O)Nc1ccc(F)c(-c2nnc3n2CCCCC3)c1. The number of halogens is 1. The number of aryl methyl sites for hydroxylation is 1. The Morgan fingerprint density at radius 3 is 3.04 bits per heavy atom. The van der Waals surface area contributed by atoms with Gasteiger partial charge in [0.1, 0.15) is 18.2 Å². The Hall–Kier alpha value is -2.28. The number of rotatable bonds is 5. The minimum atomic E-state index is -0.378. The maximum atomic E-state index is 14.3. The van der Waals surface area contributed by atoms with E-state index in [9.17, 15) is 9.18 Å². The highest BCUT2D eigenvalue weighted by molar-refractivity contribution is 5.92. The van der Waals surface area contributed by atoms with E-state index in [2.05, 4.69) is 15.5 Å². The van der Waals surface area contributed by atoms with E-state index >= 15 is 0 Å². The van der Waals surface area contributed by atoms with Crippen LogP contribution in [0, 0.1) is 5.82 Å². The fourth-order valence-corrected chi connectivity index (χ4v) is 2.85. The Morgan fingerprint density at radius 2 is 2.21 bits per heavy atom. The Morgan fingerprint density at radius 1 is 1.33 bits per heavy atom. The molecule has 6 nitrogen and oxygen atoms in total. The van der Waals surface area contributed by atoms with Gasteiger partial charge < -0.3 is 14.6 Å². The molecule has 24 heavy (non-hydrogen) atoms. The van der Waals surface area contributed by atoms with Crippen molar-refractivity contribution in [1.29, 1.82) is 0 Å². The molecule has 1 aromatic heterocycles. The van der Waals surface area contributed by atoms with Crippen LogP contribution in [0.3, 0.4) is 0 Å². The number of aromatic nitrogens is 3. The molecule has 0 unspecified atom stereocenters. The van der Waals surface area contributed by atoms with Crippen molar-refractivity contribution in [2.75, 3.05) is 18.5 Å². The van der Waals surface area contributed by atoms with Gasteiger partial charge in [0.15, 0.2) is 5.82 Å². The minimum absolute atomic E-state index is 0.0243. The smallest absolute Gasteiger partial charge is 0.250 e. The molecule has 0 fully saturated rings. The lowest BCUT2D eigenvalue weighted by molar-refractivity contribution is -0.120. The molecular formula is C17H21FN4O2. The van der Waals surface area contributed by atoms with Crippen molar-refractivity contribution in [3.8, 4) is 11.4 Å². The van der Waals surface area contributed by atoms with Crippen molar-refractivity contribution in [3.63, 3.8) is 0 Å². The summed E-state index contributed by atoms with van der Waals surface area (Å²) in [5.41, 5.74) is 0.868. The zero-order valence-electron chi connectivity index (χ0n) is 13.7. The fraction of sp³-hybridized carbons (Fsp3) is 0.471. The number of ether oxygens (including phenoxy) is 1. The van der Waals surface area contributed by atoms with Crippen LogP contribution in [0.2, 0.25) is 0 Å². The van der Waals surface area contributed by atoms with Crippen molar-refractivity contribution in [2.45, 2.75) is 39.2 Å². The topological polar surface area (TPSA) is 69.0 Å². The first-order valence-corrected chi connectivity index (χ1v) is 8.28. The summed E-state index contributed by atoms with van der Waals surface area (Å²) in [6.07, 6.45) is 4.11. The number of anilines is 1. The highest BCUT2D eigenvalue weighted by Gasteiger charge is 2.19. The van der Waals surface area contributed by atoms with E-state index in [0.717, 1.165) is 38.1 Å². The maximum absolute atomic E-state index is 14.3. The summed E-state index contributed by atoms with van der Waals surface area (Å²) in [4.78, 5) is 11.8. The summed E-state index contributed by atoms with van der Waals surface area (Å²) in [6.45, 7) is 3.05. The van der Waals surface area contributed by atoms with Crippen LogP contribution in [-0.2, 0) is 22.5 Å². The van der Waals surface area contributed by atoms with Crippen LogP contribution in [-0.4, -0.2) is 33.9 Å². The van der Waals surface area contributed by atoms with Gasteiger partial charge in [-0.3, -0.25) is 4.79 Å². The number of fused-ring (bicyclic) bond motifs is 1. The third kappa shape index (κ3) is 3.62. The number of nitrogens with zero attached hydrogens (tertiary/aromatic N) is 3. The highest BCUT2D eigenvalue weighted by atomic mass is 19.1. The number of amides is 1. The molecule has 1 N–H and O–H groups in total. The normalized spacial score (nSPS) is 14.1. The van der Waals surface area contributed by atoms with Gasteiger partial charge in [0.25, 0.3) is 0 Å². The molecule has 128 valence electrons. The van der Waals surface area contributed by atoms with Gasteiger partial charge in [0.2, 0.25) is 5.91 Å². The van der Waals surface area contributed by atoms with Gasteiger partial charge >= 0.3 is 0 Å². The second-order valence-corrected chi connectivity index (χ2v) is 5.78. The van der Waals surface area contributed by atoms with Crippen molar-refractivity contribution >= 4 is 11.6 Å². The first-order chi connectivity index (χ1) is 11.7. The molecule has 2 aromatic rings. The van der Waals surface area contributed by atoms with E-state index in [0.29, 0.717) is 23.7 Å². The van der Waals surface area contributed by atoms with Gasteiger partial charge in [-0.15, -0.1) is 10.2 Å².